The lowest BCUT2D eigenvalue weighted by molar-refractivity contribution is -0.156. The van der Waals surface area contributed by atoms with Crippen molar-refractivity contribution in [1.82, 2.24) is 9.80 Å². The molecule has 1 atom stereocenters. The van der Waals surface area contributed by atoms with Gasteiger partial charge in [-0.25, -0.2) is 0 Å². The van der Waals surface area contributed by atoms with E-state index in [1.54, 1.807) is 0 Å². The van der Waals surface area contributed by atoms with Crippen LogP contribution in [0.2, 0.25) is 0 Å². The van der Waals surface area contributed by atoms with Crippen LogP contribution in [0.15, 0.2) is 0 Å². The van der Waals surface area contributed by atoms with E-state index in [-0.39, 0.29) is 11.6 Å². The van der Waals surface area contributed by atoms with Crippen LogP contribution in [0.1, 0.15) is 48.5 Å². The van der Waals surface area contributed by atoms with E-state index in [4.69, 9.17) is 9.47 Å². The van der Waals surface area contributed by atoms with Gasteiger partial charge in [-0.3, -0.25) is 14.6 Å². The van der Waals surface area contributed by atoms with Gasteiger partial charge in [-0.05, 0) is 48.5 Å². The second-order valence-electron chi connectivity index (χ2n) is 8.17. The van der Waals surface area contributed by atoms with Gasteiger partial charge in [0.25, 0.3) is 0 Å². The van der Waals surface area contributed by atoms with Gasteiger partial charge in [0, 0.05) is 32.2 Å². The summed E-state index contributed by atoms with van der Waals surface area (Å²) in [5.41, 5.74) is -0.496. The van der Waals surface area contributed by atoms with Crippen molar-refractivity contribution < 1.29 is 14.3 Å². The molecule has 1 fully saturated rings. The molecule has 0 spiro atoms. The summed E-state index contributed by atoms with van der Waals surface area (Å²) in [6.45, 7) is 19.0. The average molecular weight is 314 g/mol. The maximum absolute atomic E-state index is 11.9. The molecule has 0 aromatic carbocycles. The number of hydrogen-bond acceptors (Lipinski definition) is 5. The minimum absolute atomic E-state index is 0.0905. The van der Waals surface area contributed by atoms with E-state index in [2.05, 4.69) is 37.5 Å². The van der Waals surface area contributed by atoms with E-state index in [1.165, 1.54) is 0 Å². The van der Waals surface area contributed by atoms with Crippen LogP contribution in [0.3, 0.4) is 0 Å². The van der Waals surface area contributed by atoms with Gasteiger partial charge in [-0.15, -0.1) is 0 Å². The number of carbonyl (C=O) groups is 1. The summed E-state index contributed by atoms with van der Waals surface area (Å²) >= 11 is 0. The molecule has 1 rings (SSSR count). The second kappa shape index (κ2) is 7.75. The Morgan fingerprint density at radius 2 is 1.55 bits per heavy atom. The fourth-order valence-electron chi connectivity index (χ4n) is 2.39. The summed E-state index contributed by atoms with van der Waals surface area (Å²) in [5.74, 6) is -0.134. The minimum atomic E-state index is -0.405. The van der Waals surface area contributed by atoms with Gasteiger partial charge >= 0.3 is 5.97 Å². The van der Waals surface area contributed by atoms with E-state index in [1.807, 2.05) is 20.8 Å². The fraction of sp³-hybridized carbons (Fsp3) is 0.941. The molecular weight excluding hydrogens is 280 g/mol. The fourth-order valence-corrected chi connectivity index (χ4v) is 2.39. The molecule has 0 amide bonds. The van der Waals surface area contributed by atoms with Gasteiger partial charge in [0.2, 0.25) is 0 Å². The lowest BCUT2D eigenvalue weighted by atomic mass is 10.2. The topological polar surface area (TPSA) is 42.0 Å². The van der Waals surface area contributed by atoms with Gasteiger partial charge in [0.15, 0.2) is 0 Å². The Morgan fingerprint density at radius 3 is 2.00 bits per heavy atom. The summed E-state index contributed by atoms with van der Waals surface area (Å²) in [7, 11) is 0. The highest BCUT2D eigenvalue weighted by Crippen LogP contribution is 2.12. The van der Waals surface area contributed by atoms with Gasteiger partial charge < -0.3 is 9.47 Å². The zero-order chi connectivity index (χ0) is 17.0. The Kier molecular flexibility index (Phi) is 6.84. The first kappa shape index (κ1) is 19.4. The van der Waals surface area contributed by atoms with Crippen molar-refractivity contribution in [2.45, 2.75) is 65.7 Å². The molecule has 1 aliphatic heterocycles. The van der Waals surface area contributed by atoms with Crippen molar-refractivity contribution >= 4 is 5.97 Å². The van der Waals surface area contributed by atoms with Crippen LogP contribution in [-0.2, 0) is 14.3 Å². The van der Waals surface area contributed by atoms with Crippen molar-refractivity contribution in [3.05, 3.63) is 0 Å². The van der Waals surface area contributed by atoms with E-state index in [9.17, 15) is 4.79 Å². The van der Waals surface area contributed by atoms with E-state index >= 15 is 0 Å². The maximum Gasteiger partial charge on any atom is 0.320 e. The van der Waals surface area contributed by atoms with Crippen LogP contribution >= 0.6 is 0 Å². The predicted octanol–water partition coefficient (Wildman–Crippen LogP) is 2.15. The first-order valence-corrected chi connectivity index (χ1v) is 8.28. The van der Waals surface area contributed by atoms with Crippen molar-refractivity contribution in [3.63, 3.8) is 0 Å². The van der Waals surface area contributed by atoms with Gasteiger partial charge in [-0.1, -0.05) is 0 Å². The quantitative estimate of drug-likeness (QED) is 0.727. The van der Waals surface area contributed by atoms with E-state index in [0.717, 1.165) is 32.8 Å². The summed E-state index contributed by atoms with van der Waals surface area (Å²) in [6.07, 6.45) is 0. The van der Waals surface area contributed by atoms with Crippen molar-refractivity contribution in [2.75, 3.05) is 39.3 Å². The Morgan fingerprint density at radius 1 is 1.00 bits per heavy atom. The number of esters is 1. The van der Waals surface area contributed by atoms with E-state index in [0.29, 0.717) is 12.6 Å². The highest BCUT2D eigenvalue weighted by Gasteiger charge is 2.25. The Labute approximate surface area is 135 Å². The average Bonchev–Trinajstić information content (AvgIpc) is 2.33. The summed E-state index contributed by atoms with van der Waals surface area (Å²) in [5, 5.41) is 0. The molecule has 1 unspecified atom stereocenters. The van der Waals surface area contributed by atoms with Gasteiger partial charge in [0.05, 0.1) is 18.8 Å². The first-order valence-electron chi connectivity index (χ1n) is 8.28. The number of nitrogens with zero attached hydrogens (tertiary/aromatic N) is 2. The number of piperazine rings is 1. The third kappa shape index (κ3) is 8.11. The predicted molar refractivity (Wildman–Crippen MR) is 89.0 cm³/mol. The lowest BCUT2D eigenvalue weighted by Gasteiger charge is -2.38. The van der Waals surface area contributed by atoms with Crippen molar-refractivity contribution in [1.29, 1.82) is 0 Å². The summed E-state index contributed by atoms with van der Waals surface area (Å²) in [6, 6.07) is 0.405. The molecule has 0 saturated carbocycles. The largest absolute Gasteiger partial charge is 0.459 e. The molecule has 5 nitrogen and oxygen atoms in total. The molecule has 0 N–H and O–H groups in total. The lowest BCUT2D eigenvalue weighted by Crippen LogP contribution is -2.52. The van der Waals surface area contributed by atoms with Crippen LogP contribution in [-0.4, -0.2) is 72.3 Å². The smallest absolute Gasteiger partial charge is 0.320 e. The van der Waals surface area contributed by atoms with Crippen LogP contribution in [0.25, 0.3) is 0 Å². The summed E-state index contributed by atoms with van der Waals surface area (Å²) in [4.78, 5) is 16.5. The van der Waals surface area contributed by atoms with Crippen LogP contribution in [0.4, 0.5) is 0 Å². The molecule has 0 aromatic heterocycles. The molecule has 22 heavy (non-hydrogen) atoms. The number of rotatable bonds is 5. The molecule has 0 aromatic rings. The molecule has 1 saturated heterocycles. The minimum Gasteiger partial charge on any atom is -0.459 e. The molecule has 0 aliphatic carbocycles. The third-order valence-corrected chi connectivity index (χ3v) is 3.56. The highest BCUT2D eigenvalue weighted by atomic mass is 16.6. The molecule has 0 radical (unpaired) electrons. The monoisotopic (exact) mass is 314 g/mol. The van der Waals surface area contributed by atoms with Crippen molar-refractivity contribution in [3.8, 4) is 0 Å². The summed E-state index contributed by atoms with van der Waals surface area (Å²) < 4.78 is 11.2. The number of hydrogen-bond donors (Lipinski definition) is 0. The maximum atomic E-state index is 11.9. The molecular formula is C17H34N2O3. The number of carbonyl (C=O) groups excluding carboxylic acids is 1. The first-order chi connectivity index (χ1) is 9.96. The van der Waals surface area contributed by atoms with E-state index < -0.39 is 5.60 Å². The Bertz CT molecular complexity index is 350. The standard InChI is InChI=1S/C17H34N2O3/c1-14(13-21-16(2,3)4)19-10-8-18(9-11-19)12-15(20)22-17(5,6)7/h14H,8-13H2,1-7H3. The zero-order valence-corrected chi connectivity index (χ0v) is 15.4. The van der Waals surface area contributed by atoms with Crippen molar-refractivity contribution in [2.24, 2.45) is 0 Å². The molecule has 0 bridgehead atoms. The molecule has 1 aliphatic rings. The normalized spacial score (nSPS) is 20.0. The number of ether oxygens (including phenoxy) is 2. The van der Waals surface area contributed by atoms with Crippen LogP contribution in [0.5, 0.6) is 0 Å². The molecule has 1 heterocycles. The Balaban J connectivity index is 2.29. The van der Waals surface area contributed by atoms with Gasteiger partial charge in [0.1, 0.15) is 5.60 Å². The molecule has 130 valence electrons. The molecule has 5 heteroatoms. The zero-order valence-electron chi connectivity index (χ0n) is 15.4. The highest BCUT2D eigenvalue weighted by molar-refractivity contribution is 5.72. The van der Waals surface area contributed by atoms with Crippen LogP contribution < -0.4 is 0 Å². The SMILES string of the molecule is CC(COC(C)(C)C)N1CCN(CC(=O)OC(C)(C)C)CC1. The van der Waals surface area contributed by atoms with Crippen LogP contribution in [0, 0.1) is 0 Å². The van der Waals surface area contributed by atoms with Gasteiger partial charge in [-0.2, -0.15) is 0 Å². The second-order valence-corrected chi connectivity index (χ2v) is 8.17. The third-order valence-electron chi connectivity index (χ3n) is 3.56. The Hall–Kier alpha value is -0.650.